The number of benzene rings is 1. The standard InChI is InChI=1S/C22H32N4O5S2/c1-15-11-26(13-21-23-8-9-32-21)16(2)14-31-19-7-6-17(24-33(5,28)29)10-18(19)22(27)25(3)12-20(15)30-4/h6-10,15-16,20,24H,11-14H2,1-5H3/t15-,16-,20+/m1/s1. The van der Waals surface area contributed by atoms with Crippen LogP contribution in [0.2, 0.25) is 0 Å². The summed E-state index contributed by atoms with van der Waals surface area (Å²) in [5, 5.41) is 2.99. The minimum absolute atomic E-state index is 0.0442. The molecule has 9 nitrogen and oxygen atoms in total. The van der Waals surface area contributed by atoms with E-state index in [1.807, 2.05) is 5.38 Å². The van der Waals surface area contributed by atoms with Gasteiger partial charge in [-0.05, 0) is 31.0 Å². The van der Waals surface area contributed by atoms with E-state index in [1.165, 1.54) is 6.07 Å². The minimum Gasteiger partial charge on any atom is -0.491 e. The van der Waals surface area contributed by atoms with Crippen molar-refractivity contribution in [2.24, 2.45) is 5.92 Å². The molecule has 1 aliphatic heterocycles. The molecule has 1 aromatic carbocycles. The number of thiazole rings is 1. The fraction of sp³-hybridized carbons (Fsp3) is 0.545. The van der Waals surface area contributed by atoms with Crippen molar-refractivity contribution in [3.63, 3.8) is 0 Å². The molecule has 0 bridgehead atoms. The van der Waals surface area contributed by atoms with Crippen molar-refractivity contribution in [2.45, 2.75) is 32.5 Å². The number of carbonyl (C=O) groups is 1. The first kappa shape index (κ1) is 25.4. The number of hydrogen-bond donors (Lipinski definition) is 1. The van der Waals surface area contributed by atoms with E-state index in [4.69, 9.17) is 9.47 Å². The average Bonchev–Trinajstić information content (AvgIpc) is 3.26. The lowest BCUT2D eigenvalue weighted by molar-refractivity contribution is 0.00921. The summed E-state index contributed by atoms with van der Waals surface area (Å²) in [5.41, 5.74) is 0.608. The van der Waals surface area contributed by atoms with Gasteiger partial charge in [-0.15, -0.1) is 11.3 Å². The Kier molecular flexibility index (Phi) is 8.33. The Morgan fingerprint density at radius 2 is 2.06 bits per heavy atom. The molecular formula is C22H32N4O5S2. The molecule has 0 spiro atoms. The van der Waals surface area contributed by atoms with Gasteiger partial charge in [0, 0.05) is 50.6 Å². The SMILES string of the molecule is CO[C@H]1CN(C)C(=O)c2cc(NS(C)(=O)=O)ccc2OC[C@@H](C)N(Cc2nccs2)C[C@H]1C. The number of anilines is 1. The zero-order chi connectivity index (χ0) is 24.2. The number of nitrogens with one attached hydrogen (secondary N) is 1. The van der Waals surface area contributed by atoms with Gasteiger partial charge < -0.3 is 14.4 Å². The number of hydrogen-bond acceptors (Lipinski definition) is 8. The maximum Gasteiger partial charge on any atom is 0.257 e. The van der Waals surface area contributed by atoms with Crippen LogP contribution in [0.3, 0.4) is 0 Å². The molecule has 2 aromatic rings. The predicted octanol–water partition coefficient (Wildman–Crippen LogP) is 2.52. The number of rotatable bonds is 5. The number of aromatic nitrogens is 1. The fourth-order valence-corrected chi connectivity index (χ4v) is 5.05. The smallest absolute Gasteiger partial charge is 0.257 e. The third-order valence-corrected chi connectivity index (χ3v) is 7.07. The monoisotopic (exact) mass is 496 g/mol. The largest absolute Gasteiger partial charge is 0.491 e. The van der Waals surface area contributed by atoms with Crippen LogP contribution in [0.1, 0.15) is 29.2 Å². The number of carbonyl (C=O) groups excluding carboxylic acids is 1. The zero-order valence-corrected chi connectivity index (χ0v) is 21.3. The van der Waals surface area contributed by atoms with E-state index in [0.717, 1.165) is 17.8 Å². The van der Waals surface area contributed by atoms with Crippen LogP contribution in [-0.4, -0.2) is 81.4 Å². The maximum atomic E-state index is 13.3. The number of nitrogens with zero attached hydrogens (tertiary/aromatic N) is 3. The van der Waals surface area contributed by atoms with Gasteiger partial charge in [0.05, 0.1) is 24.5 Å². The molecular weight excluding hydrogens is 464 g/mol. The summed E-state index contributed by atoms with van der Waals surface area (Å²) >= 11 is 1.62. The molecule has 3 atom stereocenters. The summed E-state index contributed by atoms with van der Waals surface area (Å²) in [6.45, 7) is 6.40. The highest BCUT2D eigenvalue weighted by Crippen LogP contribution is 2.27. The highest BCUT2D eigenvalue weighted by Gasteiger charge is 2.29. The van der Waals surface area contributed by atoms with Crippen LogP contribution in [-0.2, 0) is 21.3 Å². The zero-order valence-electron chi connectivity index (χ0n) is 19.6. The molecule has 0 unspecified atom stereocenters. The Hall–Kier alpha value is -2.21. The second-order valence-corrected chi connectivity index (χ2v) is 11.3. The Balaban J connectivity index is 1.95. The summed E-state index contributed by atoms with van der Waals surface area (Å²) in [4.78, 5) is 21.6. The van der Waals surface area contributed by atoms with Crippen molar-refractivity contribution in [1.82, 2.24) is 14.8 Å². The van der Waals surface area contributed by atoms with E-state index in [9.17, 15) is 13.2 Å². The number of ether oxygens (including phenoxy) is 2. The molecule has 33 heavy (non-hydrogen) atoms. The Labute approximate surface area is 199 Å². The van der Waals surface area contributed by atoms with E-state index in [1.54, 1.807) is 48.7 Å². The molecule has 0 saturated heterocycles. The topological polar surface area (TPSA) is 101 Å². The summed E-state index contributed by atoms with van der Waals surface area (Å²) < 4.78 is 37.7. The molecule has 182 valence electrons. The van der Waals surface area contributed by atoms with E-state index in [2.05, 4.69) is 28.5 Å². The van der Waals surface area contributed by atoms with Crippen molar-refractivity contribution < 1.29 is 22.7 Å². The van der Waals surface area contributed by atoms with Crippen LogP contribution >= 0.6 is 11.3 Å². The lowest BCUT2D eigenvalue weighted by Gasteiger charge is -2.35. The molecule has 3 rings (SSSR count). The summed E-state index contributed by atoms with van der Waals surface area (Å²) in [5.74, 6) is 0.295. The van der Waals surface area contributed by atoms with Gasteiger partial charge in [-0.2, -0.15) is 0 Å². The number of methoxy groups -OCH3 is 1. The normalized spacial score (nSPS) is 23.2. The molecule has 1 aliphatic rings. The van der Waals surface area contributed by atoms with E-state index in [0.29, 0.717) is 36.7 Å². The molecule has 0 aliphatic carbocycles. The van der Waals surface area contributed by atoms with E-state index >= 15 is 0 Å². The van der Waals surface area contributed by atoms with Crippen molar-refractivity contribution in [3.8, 4) is 5.75 Å². The van der Waals surface area contributed by atoms with Crippen molar-refractivity contribution in [2.75, 3.05) is 44.8 Å². The summed E-state index contributed by atoms with van der Waals surface area (Å²) in [6.07, 6.45) is 2.70. The molecule has 11 heteroatoms. The summed E-state index contributed by atoms with van der Waals surface area (Å²) in [6, 6.07) is 4.79. The average molecular weight is 497 g/mol. The molecule has 0 fully saturated rings. The van der Waals surface area contributed by atoms with Gasteiger partial charge in [-0.1, -0.05) is 6.92 Å². The van der Waals surface area contributed by atoms with Gasteiger partial charge >= 0.3 is 0 Å². The Morgan fingerprint density at radius 1 is 1.30 bits per heavy atom. The molecule has 1 amide bonds. The van der Waals surface area contributed by atoms with Gasteiger partial charge in [0.25, 0.3) is 5.91 Å². The number of fused-ring (bicyclic) bond motifs is 1. The highest BCUT2D eigenvalue weighted by atomic mass is 32.2. The highest BCUT2D eigenvalue weighted by molar-refractivity contribution is 7.92. The molecule has 1 N–H and O–H groups in total. The molecule has 0 saturated carbocycles. The Morgan fingerprint density at radius 3 is 2.70 bits per heavy atom. The molecule has 1 aromatic heterocycles. The van der Waals surface area contributed by atoms with Crippen LogP contribution in [0.15, 0.2) is 29.8 Å². The minimum atomic E-state index is -3.48. The van der Waals surface area contributed by atoms with Crippen LogP contribution in [0.25, 0.3) is 0 Å². The lowest BCUT2D eigenvalue weighted by atomic mass is 10.0. The summed E-state index contributed by atoms with van der Waals surface area (Å²) in [7, 11) is -0.114. The first-order chi connectivity index (χ1) is 15.6. The predicted molar refractivity (Wildman–Crippen MR) is 129 cm³/mol. The van der Waals surface area contributed by atoms with Crippen LogP contribution in [0.4, 0.5) is 5.69 Å². The molecule has 2 heterocycles. The van der Waals surface area contributed by atoms with Crippen LogP contribution in [0, 0.1) is 5.92 Å². The first-order valence-corrected chi connectivity index (χ1v) is 13.5. The second kappa shape index (κ2) is 10.8. The van der Waals surface area contributed by atoms with Gasteiger partial charge in [-0.25, -0.2) is 13.4 Å². The third kappa shape index (κ3) is 6.89. The van der Waals surface area contributed by atoms with Crippen LogP contribution in [0.5, 0.6) is 5.75 Å². The molecule has 0 radical (unpaired) electrons. The van der Waals surface area contributed by atoms with Crippen molar-refractivity contribution in [1.29, 1.82) is 0 Å². The van der Waals surface area contributed by atoms with Gasteiger partial charge in [0.15, 0.2) is 0 Å². The van der Waals surface area contributed by atoms with Crippen LogP contribution < -0.4 is 9.46 Å². The van der Waals surface area contributed by atoms with Gasteiger partial charge in [-0.3, -0.25) is 14.4 Å². The van der Waals surface area contributed by atoms with Crippen molar-refractivity contribution >= 4 is 33.0 Å². The quantitative estimate of drug-likeness (QED) is 0.679. The third-order valence-electron chi connectivity index (χ3n) is 5.70. The van der Waals surface area contributed by atoms with Gasteiger partial charge in [0.1, 0.15) is 17.4 Å². The van der Waals surface area contributed by atoms with Crippen molar-refractivity contribution in [3.05, 3.63) is 40.3 Å². The number of amides is 1. The fourth-order valence-electron chi connectivity index (χ4n) is 3.85. The Bertz CT molecular complexity index is 1050. The van der Waals surface area contributed by atoms with Gasteiger partial charge in [0.2, 0.25) is 10.0 Å². The maximum absolute atomic E-state index is 13.3. The van der Waals surface area contributed by atoms with E-state index < -0.39 is 10.0 Å². The van der Waals surface area contributed by atoms with E-state index in [-0.39, 0.29) is 24.0 Å². The second-order valence-electron chi connectivity index (χ2n) is 8.54. The lowest BCUT2D eigenvalue weighted by Crippen LogP contribution is -2.46. The number of sulfonamides is 1. The first-order valence-electron chi connectivity index (χ1n) is 10.7. The number of likely N-dealkylation sites (N-methyl/N-ethyl adjacent to an activating group) is 1.